The first-order valence-electron chi connectivity index (χ1n) is 10.1. The van der Waals surface area contributed by atoms with Gasteiger partial charge in [-0.1, -0.05) is 19.0 Å². The molecule has 1 aliphatic heterocycles. The molecule has 29 heavy (non-hydrogen) atoms. The molecule has 1 saturated heterocycles. The third-order valence-electron chi connectivity index (χ3n) is 6.45. The smallest absolute Gasteiger partial charge is 0.254 e. The summed E-state index contributed by atoms with van der Waals surface area (Å²) < 4.78 is 7.27. The highest BCUT2D eigenvalue weighted by Crippen LogP contribution is 2.50. The summed E-state index contributed by atoms with van der Waals surface area (Å²) in [6.07, 6.45) is 3.04. The Hall–Kier alpha value is -2.71. The first-order chi connectivity index (χ1) is 13.7. The number of nitrogens with zero attached hydrogens (tertiary/aromatic N) is 5. The van der Waals surface area contributed by atoms with Crippen LogP contribution < -0.4 is 5.32 Å². The Morgan fingerprint density at radius 3 is 2.69 bits per heavy atom. The van der Waals surface area contributed by atoms with Gasteiger partial charge in [-0.3, -0.25) is 14.3 Å². The van der Waals surface area contributed by atoms with E-state index in [0.717, 1.165) is 12.1 Å². The summed E-state index contributed by atoms with van der Waals surface area (Å²) in [5, 5.41) is 11.3. The van der Waals surface area contributed by atoms with Gasteiger partial charge in [-0.05, 0) is 32.6 Å². The minimum atomic E-state index is -0.409. The zero-order chi connectivity index (χ0) is 20.9. The fraction of sp³-hybridized carbons (Fsp3) is 0.650. The molecule has 2 aliphatic rings. The number of hydrogen-bond donors (Lipinski definition) is 1. The average Bonchev–Trinajstić information content (AvgIpc) is 3.38. The van der Waals surface area contributed by atoms with Crippen LogP contribution in [0.5, 0.6) is 0 Å². The van der Waals surface area contributed by atoms with Gasteiger partial charge in [0.25, 0.3) is 5.91 Å². The van der Waals surface area contributed by atoms with Crippen molar-refractivity contribution in [3.63, 3.8) is 0 Å². The van der Waals surface area contributed by atoms with Gasteiger partial charge in [0.15, 0.2) is 5.82 Å². The summed E-state index contributed by atoms with van der Waals surface area (Å²) in [5.41, 5.74) is 1.01. The number of carbonyl (C=O) groups is 2. The number of aryl methyl sites for hydroxylation is 2. The number of likely N-dealkylation sites (tertiary alicyclic amines) is 1. The number of nitrogens with one attached hydrogen (secondary N) is 1. The second-order valence-electron chi connectivity index (χ2n) is 8.75. The lowest BCUT2D eigenvalue weighted by Crippen LogP contribution is -2.40. The van der Waals surface area contributed by atoms with Gasteiger partial charge in [0.1, 0.15) is 0 Å². The van der Waals surface area contributed by atoms with E-state index in [-0.39, 0.29) is 29.7 Å². The van der Waals surface area contributed by atoms with Crippen LogP contribution in [0.4, 0.5) is 0 Å². The van der Waals surface area contributed by atoms with E-state index in [9.17, 15) is 9.59 Å². The quantitative estimate of drug-likeness (QED) is 0.831. The molecule has 3 atom stereocenters. The number of carbonyl (C=O) groups excluding carboxylic acids is 2. The number of rotatable bonds is 4. The molecule has 156 valence electrons. The van der Waals surface area contributed by atoms with Gasteiger partial charge in [0, 0.05) is 37.8 Å². The number of hydrogen-bond acceptors (Lipinski definition) is 6. The SMILES string of the molecule is Cc1noc([C@]23C[C@H](NC(=O)c4cnn(C)c4C)CC2CN(C(=O)C(C)C)C3)n1. The van der Waals surface area contributed by atoms with E-state index in [1.54, 1.807) is 17.8 Å². The Morgan fingerprint density at radius 2 is 2.10 bits per heavy atom. The van der Waals surface area contributed by atoms with Gasteiger partial charge in [-0.25, -0.2) is 0 Å². The van der Waals surface area contributed by atoms with Crippen molar-refractivity contribution in [2.24, 2.45) is 18.9 Å². The predicted molar refractivity (Wildman–Crippen MR) is 104 cm³/mol. The van der Waals surface area contributed by atoms with E-state index >= 15 is 0 Å². The lowest BCUT2D eigenvalue weighted by Gasteiger charge is -2.26. The summed E-state index contributed by atoms with van der Waals surface area (Å²) in [6, 6.07) is -0.0179. The molecule has 1 N–H and O–H groups in total. The molecule has 3 heterocycles. The molecule has 0 aromatic carbocycles. The average molecular weight is 400 g/mol. The van der Waals surface area contributed by atoms with Gasteiger partial charge in [-0.2, -0.15) is 10.1 Å². The maximum absolute atomic E-state index is 12.8. The molecule has 4 rings (SSSR count). The van der Waals surface area contributed by atoms with Gasteiger partial charge in [0.2, 0.25) is 11.8 Å². The van der Waals surface area contributed by atoms with E-state index in [0.29, 0.717) is 36.8 Å². The van der Waals surface area contributed by atoms with Crippen LogP contribution in [0.1, 0.15) is 54.5 Å². The summed E-state index contributed by atoms with van der Waals surface area (Å²) in [6.45, 7) is 8.71. The molecule has 0 bridgehead atoms. The van der Waals surface area contributed by atoms with Crippen LogP contribution in [0.15, 0.2) is 10.7 Å². The van der Waals surface area contributed by atoms with Crippen molar-refractivity contribution in [1.29, 1.82) is 0 Å². The van der Waals surface area contributed by atoms with Crippen molar-refractivity contribution in [2.45, 2.75) is 52.0 Å². The number of amides is 2. The second kappa shape index (κ2) is 6.96. The molecule has 2 fully saturated rings. The van der Waals surface area contributed by atoms with Crippen molar-refractivity contribution in [3.8, 4) is 0 Å². The van der Waals surface area contributed by atoms with Crippen molar-refractivity contribution in [1.82, 2.24) is 30.1 Å². The van der Waals surface area contributed by atoms with Crippen molar-refractivity contribution < 1.29 is 14.1 Å². The third-order valence-corrected chi connectivity index (χ3v) is 6.45. The number of aromatic nitrogens is 4. The summed E-state index contributed by atoms with van der Waals surface area (Å²) >= 11 is 0. The topological polar surface area (TPSA) is 106 Å². The Balaban J connectivity index is 1.56. The van der Waals surface area contributed by atoms with Crippen molar-refractivity contribution in [2.75, 3.05) is 13.1 Å². The second-order valence-corrected chi connectivity index (χ2v) is 8.75. The maximum atomic E-state index is 12.8. The highest BCUT2D eigenvalue weighted by Gasteiger charge is 2.58. The first kappa shape index (κ1) is 19.6. The van der Waals surface area contributed by atoms with Crippen LogP contribution in [-0.4, -0.2) is 55.8 Å². The fourth-order valence-electron chi connectivity index (χ4n) is 4.83. The van der Waals surface area contributed by atoms with E-state index in [1.165, 1.54) is 0 Å². The first-order valence-corrected chi connectivity index (χ1v) is 10.1. The fourth-order valence-corrected chi connectivity index (χ4v) is 4.83. The lowest BCUT2D eigenvalue weighted by molar-refractivity contribution is -0.133. The molecule has 2 aromatic rings. The van der Waals surface area contributed by atoms with Gasteiger partial charge in [-0.15, -0.1) is 0 Å². The van der Waals surface area contributed by atoms with E-state index in [2.05, 4.69) is 20.6 Å². The zero-order valence-corrected chi connectivity index (χ0v) is 17.6. The van der Waals surface area contributed by atoms with Crippen LogP contribution in [0.2, 0.25) is 0 Å². The molecule has 2 amide bonds. The third kappa shape index (κ3) is 3.22. The highest BCUT2D eigenvalue weighted by molar-refractivity contribution is 5.95. The molecule has 1 unspecified atom stereocenters. The zero-order valence-electron chi connectivity index (χ0n) is 17.6. The molecule has 1 saturated carbocycles. The Morgan fingerprint density at radius 1 is 1.34 bits per heavy atom. The Kier molecular flexibility index (Phi) is 4.71. The molecule has 9 heteroatoms. The van der Waals surface area contributed by atoms with Crippen LogP contribution >= 0.6 is 0 Å². The van der Waals surface area contributed by atoms with Crippen LogP contribution in [0.3, 0.4) is 0 Å². The standard InChI is InChI=1S/C20H28N6O3/c1-11(2)18(28)26-9-14-6-15(23-17(27)16-8-21-25(5)12(16)3)7-20(14,10-26)19-22-13(4)24-29-19/h8,11,14-15H,6-7,9-10H2,1-5H3,(H,23,27)/t14?,15-,20+/m1/s1. The molecular weight excluding hydrogens is 372 g/mol. The minimum absolute atomic E-state index is 0.0179. The van der Waals surface area contributed by atoms with Gasteiger partial charge in [0.05, 0.1) is 17.2 Å². The molecular formula is C20H28N6O3. The normalized spacial score (nSPS) is 26.2. The predicted octanol–water partition coefficient (Wildman–Crippen LogP) is 1.36. The molecule has 9 nitrogen and oxygen atoms in total. The molecule has 1 aliphatic carbocycles. The Bertz CT molecular complexity index is 948. The Labute approximate surface area is 169 Å². The molecule has 2 aromatic heterocycles. The monoisotopic (exact) mass is 400 g/mol. The minimum Gasteiger partial charge on any atom is -0.349 e. The highest BCUT2D eigenvalue weighted by atomic mass is 16.5. The van der Waals surface area contributed by atoms with Crippen LogP contribution in [0, 0.1) is 25.7 Å². The molecule has 0 spiro atoms. The summed E-state index contributed by atoms with van der Waals surface area (Å²) in [4.78, 5) is 31.8. The molecule has 0 radical (unpaired) electrons. The van der Waals surface area contributed by atoms with Crippen LogP contribution in [0.25, 0.3) is 0 Å². The maximum Gasteiger partial charge on any atom is 0.254 e. The van der Waals surface area contributed by atoms with Crippen LogP contribution in [-0.2, 0) is 17.3 Å². The number of fused-ring (bicyclic) bond motifs is 1. The van der Waals surface area contributed by atoms with Gasteiger partial charge >= 0.3 is 0 Å². The summed E-state index contributed by atoms with van der Waals surface area (Å²) in [5.74, 6) is 1.30. The van der Waals surface area contributed by atoms with E-state index in [4.69, 9.17) is 4.52 Å². The van der Waals surface area contributed by atoms with E-state index < -0.39 is 5.41 Å². The lowest BCUT2D eigenvalue weighted by atomic mass is 9.80. The van der Waals surface area contributed by atoms with Crippen molar-refractivity contribution in [3.05, 3.63) is 29.2 Å². The van der Waals surface area contributed by atoms with Gasteiger partial charge < -0.3 is 14.7 Å². The largest absolute Gasteiger partial charge is 0.349 e. The summed E-state index contributed by atoms with van der Waals surface area (Å²) in [7, 11) is 1.82. The van der Waals surface area contributed by atoms with E-state index in [1.807, 2.05) is 32.7 Å². The van der Waals surface area contributed by atoms with Crippen molar-refractivity contribution >= 4 is 11.8 Å².